The minimum absolute atomic E-state index is 0.00355. The first-order chi connectivity index (χ1) is 14.4. The molecular weight excluding hydrogens is 386 g/mol. The lowest BCUT2D eigenvalue weighted by atomic mass is 10.0. The number of aromatic nitrogens is 2. The molecule has 3 aromatic rings. The van der Waals surface area contributed by atoms with Crippen molar-refractivity contribution in [2.75, 3.05) is 7.11 Å². The summed E-state index contributed by atoms with van der Waals surface area (Å²) in [5, 5.41) is 5.92. The maximum absolute atomic E-state index is 12.6. The molecule has 1 aromatic heterocycles. The molecule has 0 saturated carbocycles. The van der Waals surface area contributed by atoms with E-state index in [1.807, 2.05) is 31.2 Å². The van der Waals surface area contributed by atoms with Gasteiger partial charge in [0, 0.05) is 6.42 Å². The third-order valence-corrected chi connectivity index (χ3v) is 4.86. The number of benzene rings is 2. The zero-order chi connectivity index (χ0) is 21.7. The summed E-state index contributed by atoms with van der Waals surface area (Å²) in [6.45, 7) is 1.95. The number of carbonyl (C=O) groups excluding carboxylic acids is 2. The van der Waals surface area contributed by atoms with E-state index < -0.39 is 17.6 Å². The Morgan fingerprint density at radius 2 is 1.73 bits per heavy atom. The second-order valence-electron chi connectivity index (χ2n) is 7.00. The summed E-state index contributed by atoms with van der Waals surface area (Å²) in [6, 6.07) is 13.4. The average molecular weight is 409 g/mol. The van der Waals surface area contributed by atoms with Crippen molar-refractivity contribution in [3.05, 3.63) is 80.4 Å². The summed E-state index contributed by atoms with van der Waals surface area (Å²) < 4.78 is 5.86. The third kappa shape index (κ3) is 4.83. The number of nitrogens with zero attached hydrogens (tertiary/aromatic N) is 1. The van der Waals surface area contributed by atoms with Gasteiger partial charge in [-0.1, -0.05) is 42.0 Å². The molecule has 0 aliphatic carbocycles. The Kier molecular flexibility index (Phi) is 6.46. The van der Waals surface area contributed by atoms with Crippen LogP contribution in [0.3, 0.4) is 0 Å². The van der Waals surface area contributed by atoms with Gasteiger partial charge in [0.15, 0.2) is 0 Å². The lowest BCUT2D eigenvalue weighted by molar-refractivity contribution is -0.141. The summed E-state index contributed by atoms with van der Waals surface area (Å²) >= 11 is 0. The highest BCUT2D eigenvalue weighted by Gasteiger charge is 2.19. The largest absolute Gasteiger partial charge is 0.469 e. The Balaban J connectivity index is 1.74. The molecule has 2 N–H and O–H groups in total. The van der Waals surface area contributed by atoms with E-state index >= 15 is 0 Å². The van der Waals surface area contributed by atoms with E-state index in [4.69, 9.17) is 4.74 Å². The normalized spacial score (nSPS) is 11.8. The maximum atomic E-state index is 12.6. The van der Waals surface area contributed by atoms with Crippen LogP contribution in [0.25, 0.3) is 10.8 Å². The van der Waals surface area contributed by atoms with Crippen LogP contribution in [0.15, 0.2) is 58.1 Å². The molecule has 0 aliphatic rings. The molecule has 8 nitrogen and oxygen atoms in total. The smallest absolute Gasteiger partial charge is 0.307 e. The van der Waals surface area contributed by atoms with E-state index in [1.165, 1.54) is 7.11 Å². The number of aromatic amines is 1. The Labute approximate surface area is 172 Å². The average Bonchev–Trinajstić information content (AvgIpc) is 2.75. The van der Waals surface area contributed by atoms with Crippen LogP contribution in [0.1, 0.15) is 30.0 Å². The SMILES string of the molecule is COC(=O)C[C@H](NC(=O)CCn1[nH]c(=O)c2ccccc2c1=O)c1ccc(C)cc1. The fourth-order valence-corrected chi connectivity index (χ4v) is 3.18. The lowest BCUT2D eigenvalue weighted by Gasteiger charge is -2.18. The number of hydrogen-bond acceptors (Lipinski definition) is 5. The quantitative estimate of drug-likeness (QED) is 0.578. The van der Waals surface area contributed by atoms with E-state index in [-0.39, 0.29) is 30.9 Å². The predicted octanol–water partition coefficient (Wildman–Crippen LogP) is 1.81. The van der Waals surface area contributed by atoms with Crippen LogP contribution in [0.5, 0.6) is 0 Å². The number of nitrogens with one attached hydrogen (secondary N) is 2. The number of aryl methyl sites for hydroxylation is 2. The molecule has 0 spiro atoms. The second-order valence-corrected chi connectivity index (χ2v) is 7.00. The number of amides is 1. The van der Waals surface area contributed by atoms with Crippen molar-refractivity contribution >= 4 is 22.6 Å². The molecule has 2 aromatic carbocycles. The van der Waals surface area contributed by atoms with Crippen LogP contribution in [-0.2, 0) is 20.9 Å². The molecule has 0 fully saturated rings. The summed E-state index contributed by atoms with van der Waals surface area (Å²) in [6.07, 6.45) is -0.0597. The second kappa shape index (κ2) is 9.21. The number of fused-ring (bicyclic) bond motifs is 1. The van der Waals surface area contributed by atoms with Crippen LogP contribution < -0.4 is 16.4 Å². The third-order valence-electron chi connectivity index (χ3n) is 4.86. The number of methoxy groups -OCH3 is 1. The molecule has 3 rings (SSSR count). The topological polar surface area (TPSA) is 110 Å². The number of hydrogen-bond donors (Lipinski definition) is 2. The molecule has 1 amide bonds. The van der Waals surface area contributed by atoms with Crippen LogP contribution >= 0.6 is 0 Å². The van der Waals surface area contributed by atoms with Crippen molar-refractivity contribution in [3.63, 3.8) is 0 Å². The molecule has 0 radical (unpaired) electrons. The monoisotopic (exact) mass is 409 g/mol. The first kappa shape index (κ1) is 21.0. The summed E-state index contributed by atoms with van der Waals surface area (Å²) in [5.41, 5.74) is 1.06. The van der Waals surface area contributed by atoms with Gasteiger partial charge in [0.2, 0.25) is 5.91 Å². The maximum Gasteiger partial charge on any atom is 0.307 e. The predicted molar refractivity (Wildman–Crippen MR) is 112 cm³/mol. The Bertz CT molecular complexity index is 1180. The molecule has 0 aliphatic heterocycles. The Morgan fingerprint density at radius 3 is 2.40 bits per heavy atom. The van der Waals surface area contributed by atoms with Gasteiger partial charge < -0.3 is 10.1 Å². The van der Waals surface area contributed by atoms with E-state index in [2.05, 4.69) is 10.4 Å². The number of rotatable bonds is 7. The van der Waals surface area contributed by atoms with Crippen molar-refractivity contribution in [1.82, 2.24) is 15.1 Å². The minimum Gasteiger partial charge on any atom is -0.469 e. The van der Waals surface area contributed by atoms with Crippen molar-refractivity contribution in [3.8, 4) is 0 Å². The van der Waals surface area contributed by atoms with Gasteiger partial charge in [-0.25, -0.2) is 4.68 Å². The summed E-state index contributed by atoms with van der Waals surface area (Å²) in [4.78, 5) is 49.0. The van der Waals surface area contributed by atoms with E-state index in [0.717, 1.165) is 15.8 Å². The van der Waals surface area contributed by atoms with E-state index in [0.29, 0.717) is 10.8 Å². The van der Waals surface area contributed by atoms with Crippen LogP contribution in [-0.4, -0.2) is 28.8 Å². The summed E-state index contributed by atoms with van der Waals surface area (Å²) in [5.74, 6) is -0.804. The molecule has 1 heterocycles. The zero-order valence-corrected chi connectivity index (χ0v) is 16.8. The Hall–Kier alpha value is -3.68. The van der Waals surface area contributed by atoms with Gasteiger partial charge in [0.05, 0.1) is 36.9 Å². The molecular formula is C22H23N3O5. The highest BCUT2D eigenvalue weighted by Crippen LogP contribution is 2.18. The molecule has 1 atom stereocenters. The van der Waals surface area contributed by atoms with Crippen molar-refractivity contribution < 1.29 is 14.3 Å². The standard InChI is InChI=1S/C22H23N3O5/c1-14-7-9-15(10-8-14)18(13-20(27)30-2)23-19(26)11-12-25-22(29)17-6-4-3-5-16(17)21(28)24-25/h3-10,18H,11-13H2,1-2H3,(H,23,26)(H,24,28)/t18-/m0/s1. The van der Waals surface area contributed by atoms with Gasteiger partial charge in [-0.15, -0.1) is 0 Å². The molecule has 0 saturated heterocycles. The van der Waals surface area contributed by atoms with E-state index in [1.54, 1.807) is 24.3 Å². The Morgan fingerprint density at radius 1 is 1.07 bits per heavy atom. The fourth-order valence-electron chi connectivity index (χ4n) is 3.18. The minimum atomic E-state index is -0.557. The van der Waals surface area contributed by atoms with Crippen molar-refractivity contribution in [2.24, 2.45) is 0 Å². The molecule has 8 heteroatoms. The van der Waals surface area contributed by atoms with Gasteiger partial charge in [-0.3, -0.25) is 24.3 Å². The summed E-state index contributed by atoms with van der Waals surface area (Å²) in [7, 11) is 1.29. The van der Waals surface area contributed by atoms with Gasteiger partial charge in [-0.2, -0.15) is 0 Å². The highest BCUT2D eigenvalue weighted by molar-refractivity contribution is 5.80. The van der Waals surface area contributed by atoms with Gasteiger partial charge in [0.25, 0.3) is 11.1 Å². The first-order valence-corrected chi connectivity index (χ1v) is 9.53. The highest BCUT2D eigenvalue weighted by atomic mass is 16.5. The number of carbonyl (C=O) groups is 2. The molecule has 0 bridgehead atoms. The molecule has 156 valence electrons. The van der Waals surface area contributed by atoms with Crippen molar-refractivity contribution in [1.29, 1.82) is 0 Å². The van der Waals surface area contributed by atoms with Crippen LogP contribution in [0, 0.1) is 6.92 Å². The van der Waals surface area contributed by atoms with Crippen LogP contribution in [0.4, 0.5) is 0 Å². The van der Waals surface area contributed by atoms with Gasteiger partial charge >= 0.3 is 5.97 Å². The van der Waals surface area contributed by atoms with Crippen LogP contribution in [0.2, 0.25) is 0 Å². The zero-order valence-electron chi connectivity index (χ0n) is 16.8. The first-order valence-electron chi connectivity index (χ1n) is 9.53. The molecule has 0 unspecified atom stereocenters. The van der Waals surface area contributed by atoms with Gasteiger partial charge in [0.1, 0.15) is 0 Å². The van der Waals surface area contributed by atoms with Gasteiger partial charge in [-0.05, 0) is 24.6 Å². The lowest BCUT2D eigenvalue weighted by Crippen LogP contribution is -2.34. The molecule has 30 heavy (non-hydrogen) atoms. The number of ether oxygens (including phenoxy) is 1. The number of esters is 1. The van der Waals surface area contributed by atoms with Crippen molar-refractivity contribution in [2.45, 2.75) is 32.4 Å². The number of H-pyrrole nitrogens is 1. The fraction of sp³-hybridized carbons (Fsp3) is 0.273. The van der Waals surface area contributed by atoms with E-state index in [9.17, 15) is 19.2 Å².